The lowest BCUT2D eigenvalue weighted by molar-refractivity contribution is -0.142. The van der Waals surface area contributed by atoms with Crippen LogP contribution in [0.4, 0.5) is 0 Å². The minimum absolute atomic E-state index is 0.259. The summed E-state index contributed by atoms with van der Waals surface area (Å²) in [5.41, 5.74) is 2.68. The van der Waals surface area contributed by atoms with Crippen LogP contribution >= 0.6 is 0 Å². The Balaban J connectivity index is 2.67. The number of carbonyl (C=O) groups excluding carboxylic acids is 1. The first-order valence-electron chi connectivity index (χ1n) is 7.12. The highest BCUT2D eigenvalue weighted by Gasteiger charge is 2.22. The summed E-state index contributed by atoms with van der Waals surface area (Å²) in [6.45, 7) is 6.89. The highest BCUT2D eigenvalue weighted by Crippen LogP contribution is 2.17. The zero-order chi connectivity index (χ0) is 15.8. The molecule has 0 radical (unpaired) electrons. The summed E-state index contributed by atoms with van der Waals surface area (Å²) in [6, 6.07) is 4.39. The Hall–Kier alpha value is -1.88. The molecule has 0 heterocycles. The fraction of sp³-hybridized carbons (Fsp3) is 0.500. The van der Waals surface area contributed by atoms with Gasteiger partial charge < -0.3 is 15.2 Å². The van der Waals surface area contributed by atoms with Crippen LogP contribution in [0.1, 0.15) is 42.5 Å². The second-order valence-corrected chi connectivity index (χ2v) is 4.98. The lowest BCUT2D eigenvalue weighted by atomic mass is 10.0. The van der Waals surface area contributed by atoms with E-state index in [1.54, 1.807) is 12.1 Å². The average Bonchev–Trinajstić information content (AvgIpc) is 2.44. The molecule has 0 fully saturated rings. The van der Waals surface area contributed by atoms with Crippen molar-refractivity contribution < 1.29 is 19.4 Å². The van der Waals surface area contributed by atoms with Gasteiger partial charge >= 0.3 is 5.97 Å². The summed E-state index contributed by atoms with van der Waals surface area (Å²) in [5.74, 6) is -1.34. The maximum atomic E-state index is 11.8. The Morgan fingerprint density at radius 2 is 2.00 bits per heavy atom. The molecule has 1 aromatic rings. The van der Waals surface area contributed by atoms with Gasteiger partial charge in [0.05, 0.1) is 0 Å². The fourth-order valence-electron chi connectivity index (χ4n) is 1.94. The third-order valence-electron chi connectivity index (χ3n) is 3.31. The first-order chi connectivity index (χ1) is 9.95. The van der Waals surface area contributed by atoms with Gasteiger partial charge in [-0.3, -0.25) is 4.79 Å². The number of aryl methyl sites for hydroxylation is 2. The lowest BCUT2D eigenvalue weighted by Crippen LogP contribution is -2.33. The standard InChI is InChI=1S/C16H23NO4/c1-4-21-9-5-6-14(18)17-15(16(19)20)13-8-7-11(2)12(3)10-13/h7-8,10,15H,4-6,9H2,1-3H3,(H,17,18)(H,19,20). The van der Waals surface area contributed by atoms with Gasteiger partial charge in [-0.05, 0) is 43.9 Å². The Bertz CT molecular complexity index is 499. The van der Waals surface area contributed by atoms with E-state index in [0.717, 1.165) is 11.1 Å². The molecule has 0 aliphatic carbocycles. The average molecular weight is 293 g/mol. The third-order valence-corrected chi connectivity index (χ3v) is 3.31. The van der Waals surface area contributed by atoms with E-state index in [-0.39, 0.29) is 12.3 Å². The van der Waals surface area contributed by atoms with Crippen LogP contribution < -0.4 is 5.32 Å². The van der Waals surface area contributed by atoms with Crippen LogP contribution in [0.3, 0.4) is 0 Å². The normalized spacial score (nSPS) is 12.0. The molecule has 0 saturated heterocycles. The molecule has 0 aliphatic heterocycles. The van der Waals surface area contributed by atoms with Crippen LogP contribution in [-0.2, 0) is 14.3 Å². The molecule has 1 unspecified atom stereocenters. The maximum Gasteiger partial charge on any atom is 0.330 e. The fourth-order valence-corrected chi connectivity index (χ4v) is 1.94. The number of nitrogens with one attached hydrogen (secondary N) is 1. The lowest BCUT2D eigenvalue weighted by Gasteiger charge is -2.16. The topological polar surface area (TPSA) is 75.6 Å². The summed E-state index contributed by atoms with van der Waals surface area (Å²) < 4.78 is 5.15. The van der Waals surface area contributed by atoms with Crippen LogP contribution in [0, 0.1) is 13.8 Å². The highest BCUT2D eigenvalue weighted by atomic mass is 16.5. The Morgan fingerprint density at radius 3 is 2.57 bits per heavy atom. The molecular weight excluding hydrogens is 270 g/mol. The molecule has 1 aromatic carbocycles. The van der Waals surface area contributed by atoms with Gasteiger partial charge in [0, 0.05) is 19.6 Å². The first kappa shape index (κ1) is 17.2. The van der Waals surface area contributed by atoms with Crippen molar-refractivity contribution in [2.45, 2.75) is 39.7 Å². The van der Waals surface area contributed by atoms with Crippen molar-refractivity contribution in [1.29, 1.82) is 0 Å². The van der Waals surface area contributed by atoms with Crippen molar-refractivity contribution in [2.75, 3.05) is 13.2 Å². The molecule has 0 bridgehead atoms. The molecule has 2 N–H and O–H groups in total. The van der Waals surface area contributed by atoms with Crippen molar-refractivity contribution in [2.24, 2.45) is 0 Å². The predicted molar refractivity (Wildman–Crippen MR) is 80.2 cm³/mol. The van der Waals surface area contributed by atoms with E-state index in [9.17, 15) is 14.7 Å². The number of carboxylic acids is 1. The molecule has 0 aromatic heterocycles. The molecular formula is C16H23NO4. The number of benzene rings is 1. The van der Waals surface area contributed by atoms with Crippen molar-refractivity contribution >= 4 is 11.9 Å². The minimum Gasteiger partial charge on any atom is -0.479 e. The maximum absolute atomic E-state index is 11.8. The first-order valence-corrected chi connectivity index (χ1v) is 7.12. The summed E-state index contributed by atoms with van der Waals surface area (Å²) in [7, 11) is 0. The van der Waals surface area contributed by atoms with Crippen molar-refractivity contribution in [1.82, 2.24) is 5.32 Å². The molecule has 5 nitrogen and oxygen atoms in total. The minimum atomic E-state index is -1.06. The zero-order valence-corrected chi connectivity index (χ0v) is 12.8. The van der Waals surface area contributed by atoms with Crippen LogP contribution in [0.5, 0.6) is 0 Å². The van der Waals surface area contributed by atoms with E-state index in [0.29, 0.717) is 25.2 Å². The monoisotopic (exact) mass is 293 g/mol. The van der Waals surface area contributed by atoms with Gasteiger partial charge in [0.1, 0.15) is 0 Å². The molecule has 116 valence electrons. The zero-order valence-electron chi connectivity index (χ0n) is 12.8. The molecule has 1 rings (SSSR count). The number of carbonyl (C=O) groups is 2. The second kappa shape index (κ2) is 8.42. The van der Waals surface area contributed by atoms with Gasteiger partial charge in [-0.25, -0.2) is 4.79 Å². The van der Waals surface area contributed by atoms with Crippen molar-refractivity contribution in [3.8, 4) is 0 Å². The van der Waals surface area contributed by atoms with E-state index < -0.39 is 12.0 Å². The van der Waals surface area contributed by atoms with Gasteiger partial charge in [-0.1, -0.05) is 18.2 Å². The molecule has 1 amide bonds. The van der Waals surface area contributed by atoms with Crippen molar-refractivity contribution in [3.05, 3.63) is 34.9 Å². The largest absolute Gasteiger partial charge is 0.479 e. The summed E-state index contributed by atoms with van der Waals surface area (Å²) in [5, 5.41) is 11.9. The van der Waals surface area contributed by atoms with Gasteiger partial charge in [0.15, 0.2) is 6.04 Å². The Kier molecular flexibility index (Phi) is 6.88. The number of hydrogen-bond donors (Lipinski definition) is 2. The number of ether oxygens (including phenoxy) is 1. The van der Waals surface area contributed by atoms with Gasteiger partial charge in [-0.15, -0.1) is 0 Å². The number of amides is 1. The van der Waals surface area contributed by atoms with Gasteiger partial charge in [0.25, 0.3) is 0 Å². The van der Waals surface area contributed by atoms with Crippen LogP contribution in [-0.4, -0.2) is 30.2 Å². The van der Waals surface area contributed by atoms with Crippen molar-refractivity contribution in [3.63, 3.8) is 0 Å². The number of hydrogen-bond acceptors (Lipinski definition) is 3. The second-order valence-electron chi connectivity index (χ2n) is 4.98. The van der Waals surface area contributed by atoms with Gasteiger partial charge in [-0.2, -0.15) is 0 Å². The summed E-state index contributed by atoms with van der Waals surface area (Å²) in [4.78, 5) is 23.2. The summed E-state index contributed by atoms with van der Waals surface area (Å²) in [6.07, 6.45) is 0.841. The SMILES string of the molecule is CCOCCCC(=O)NC(C(=O)O)c1ccc(C)c(C)c1. The molecule has 0 saturated carbocycles. The number of rotatable bonds is 8. The molecule has 0 aliphatic rings. The number of carboxylic acid groups (broad SMARTS) is 1. The van der Waals surface area contributed by atoms with E-state index in [4.69, 9.17) is 4.74 Å². The Labute approximate surface area is 125 Å². The molecule has 21 heavy (non-hydrogen) atoms. The number of aliphatic carboxylic acids is 1. The smallest absolute Gasteiger partial charge is 0.330 e. The van der Waals surface area contributed by atoms with Crippen LogP contribution in [0.15, 0.2) is 18.2 Å². The van der Waals surface area contributed by atoms with Crippen LogP contribution in [0.2, 0.25) is 0 Å². The summed E-state index contributed by atoms with van der Waals surface area (Å²) >= 11 is 0. The molecule has 5 heteroatoms. The molecule has 1 atom stereocenters. The quantitative estimate of drug-likeness (QED) is 0.721. The van der Waals surface area contributed by atoms with E-state index in [2.05, 4.69) is 5.32 Å². The highest BCUT2D eigenvalue weighted by molar-refractivity contribution is 5.84. The molecule has 0 spiro atoms. The van der Waals surface area contributed by atoms with E-state index >= 15 is 0 Å². The Morgan fingerprint density at radius 1 is 1.29 bits per heavy atom. The third kappa shape index (κ3) is 5.55. The van der Waals surface area contributed by atoms with E-state index in [1.165, 1.54) is 0 Å². The van der Waals surface area contributed by atoms with Crippen LogP contribution in [0.25, 0.3) is 0 Å². The van der Waals surface area contributed by atoms with Gasteiger partial charge in [0.2, 0.25) is 5.91 Å². The predicted octanol–water partition coefficient (Wildman–Crippen LogP) is 2.36. The van der Waals surface area contributed by atoms with E-state index in [1.807, 2.05) is 26.8 Å².